The molecule has 0 saturated carbocycles. The lowest BCUT2D eigenvalue weighted by Crippen LogP contribution is -2.45. The second-order valence-electron chi connectivity index (χ2n) is 11.2. The van der Waals surface area contributed by atoms with Gasteiger partial charge in [-0.05, 0) is 92.3 Å². The van der Waals surface area contributed by atoms with Crippen molar-refractivity contribution in [3.63, 3.8) is 0 Å². The molecule has 0 spiro atoms. The Morgan fingerprint density at radius 3 is 2.23 bits per heavy atom. The number of alkyl carbamates (subject to hydrolysis) is 1. The van der Waals surface area contributed by atoms with Crippen LogP contribution >= 0.6 is 11.3 Å². The highest BCUT2D eigenvalue weighted by molar-refractivity contribution is 7.19. The van der Waals surface area contributed by atoms with Crippen molar-refractivity contribution in [2.75, 3.05) is 6.61 Å². The van der Waals surface area contributed by atoms with Gasteiger partial charge in [0, 0.05) is 15.5 Å². The largest absolute Gasteiger partial charge is 0.458 e. The van der Waals surface area contributed by atoms with Crippen molar-refractivity contribution in [1.29, 1.82) is 0 Å². The van der Waals surface area contributed by atoms with E-state index in [1.54, 1.807) is 11.3 Å². The summed E-state index contributed by atoms with van der Waals surface area (Å²) in [6.07, 6.45) is 0.414. The second kappa shape index (κ2) is 10.9. The summed E-state index contributed by atoms with van der Waals surface area (Å²) in [5.41, 5.74) is 6.36. The minimum atomic E-state index is -0.819. The summed E-state index contributed by atoms with van der Waals surface area (Å²) >= 11 is 1.79. The van der Waals surface area contributed by atoms with E-state index in [0.29, 0.717) is 12.8 Å². The number of amides is 1. The van der Waals surface area contributed by atoms with Crippen molar-refractivity contribution >= 4 is 33.5 Å². The number of carbonyl (C=O) groups excluding carboxylic acids is 2. The molecular formula is C33H35NO4S. The molecule has 0 aliphatic heterocycles. The maximum Gasteiger partial charge on any atom is 0.407 e. The second-order valence-corrected chi connectivity index (χ2v) is 12.5. The zero-order valence-corrected chi connectivity index (χ0v) is 24.0. The number of thiophene rings is 1. The number of rotatable bonds is 7. The molecule has 1 heterocycles. The number of nitrogens with one attached hydrogen (secondary N) is 1. The first-order chi connectivity index (χ1) is 18.6. The number of carbonyl (C=O) groups is 2. The SMILES string of the molecule is Cc1sc2ccc(CC[C@H](NC(=O)OCC3c4ccccc4-c4ccccc43)C(=O)OC(C)(C)C)cc2c1C. The van der Waals surface area contributed by atoms with Crippen molar-refractivity contribution in [2.45, 2.75) is 65.0 Å². The smallest absolute Gasteiger partial charge is 0.407 e. The van der Waals surface area contributed by atoms with Gasteiger partial charge in [0.25, 0.3) is 0 Å². The maximum atomic E-state index is 13.1. The Bertz CT molecular complexity index is 1480. The molecule has 0 bridgehead atoms. The third kappa shape index (κ3) is 5.86. The number of hydrogen-bond acceptors (Lipinski definition) is 5. The first-order valence-electron chi connectivity index (χ1n) is 13.4. The van der Waals surface area contributed by atoms with E-state index in [-0.39, 0.29) is 12.5 Å². The van der Waals surface area contributed by atoms with Gasteiger partial charge in [-0.3, -0.25) is 0 Å². The number of fused-ring (bicyclic) bond motifs is 4. The van der Waals surface area contributed by atoms with Crippen molar-refractivity contribution in [3.8, 4) is 11.1 Å². The van der Waals surface area contributed by atoms with Crippen LogP contribution in [0.5, 0.6) is 0 Å². The minimum Gasteiger partial charge on any atom is -0.458 e. The third-order valence-electron chi connectivity index (χ3n) is 7.29. The van der Waals surface area contributed by atoms with Gasteiger partial charge in [0.2, 0.25) is 0 Å². The Balaban J connectivity index is 1.28. The summed E-state index contributed by atoms with van der Waals surface area (Å²) in [6.45, 7) is 9.94. The zero-order valence-electron chi connectivity index (χ0n) is 23.2. The molecule has 0 saturated heterocycles. The molecule has 1 aliphatic rings. The third-order valence-corrected chi connectivity index (χ3v) is 8.48. The molecule has 1 amide bonds. The van der Waals surface area contributed by atoms with Crippen LogP contribution in [0.1, 0.15) is 60.2 Å². The normalized spacial score (nSPS) is 13.6. The van der Waals surface area contributed by atoms with Crippen LogP contribution < -0.4 is 5.32 Å². The molecule has 0 unspecified atom stereocenters. The Hall–Kier alpha value is -3.64. The molecule has 1 atom stereocenters. The van der Waals surface area contributed by atoms with Crippen LogP contribution in [-0.2, 0) is 20.7 Å². The van der Waals surface area contributed by atoms with Gasteiger partial charge in [0.05, 0.1) is 0 Å². The molecule has 0 fully saturated rings. The summed E-state index contributed by atoms with van der Waals surface area (Å²) < 4.78 is 12.6. The van der Waals surface area contributed by atoms with Gasteiger partial charge in [0.15, 0.2) is 0 Å². The molecular weight excluding hydrogens is 506 g/mol. The van der Waals surface area contributed by atoms with Gasteiger partial charge in [-0.1, -0.05) is 60.7 Å². The topological polar surface area (TPSA) is 64.6 Å². The Labute approximate surface area is 234 Å². The van der Waals surface area contributed by atoms with Gasteiger partial charge in [-0.15, -0.1) is 11.3 Å². The molecule has 4 aromatic rings. The van der Waals surface area contributed by atoms with E-state index < -0.39 is 23.7 Å². The van der Waals surface area contributed by atoms with Crippen LogP contribution in [0.2, 0.25) is 0 Å². The van der Waals surface area contributed by atoms with Crippen LogP contribution in [0, 0.1) is 13.8 Å². The molecule has 1 aromatic heterocycles. The summed E-state index contributed by atoms with van der Waals surface area (Å²) in [7, 11) is 0. The lowest BCUT2D eigenvalue weighted by Gasteiger charge is -2.25. The Morgan fingerprint density at radius 1 is 0.949 bits per heavy atom. The highest BCUT2D eigenvalue weighted by atomic mass is 32.1. The van der Waals surface area contributed by atoms with Crippen LogP contribution in [0.25, 0.3) is 21.2 Å². The molecule has 202 valence electrons. The van der Waals surface area contributed by atoms with E-state index in [9.17, 15) is 9.59 Å². The summed E-state index contributed by atoms with van der Waals surface area (Å²) in [4.78, 5) is 27.4. The van der Waals surface area contributed by atoms with Gasteiger partial charge in [0.1, 0.15) is 18.2 Å². The average Bonchev–Trinajstić information content (AvgIpc) is 3.37. The highest BCUT2D eigenvalue weighted by Gasteiger charge is 2.31. The van der Waals surface area contributed by atoms with Gasteiger partial charge in [-0.2, -0.15) is 0 Å². The van der Waals surface area contributed by atoms with Crippen molar-refractivity contribution in [3.05, 3.63) is 93.9 Å². The number of hydrogen-bond donors (Lipinski definition) is 1. The predicted molar refractivity (Wildman–Crippen MR) is 157 cm³/mol. The monoisotopic (exact) mass is 541 g/mol. The van der Waals surface area contributed by atoms with Crippen molar-refractivity contribution in [1.82, 2.24) is 5.32 Å². The maximum absolute atomic E-state index is 13.1. The number of esters is 1. The van der Waals surface area contributed by atoms with Crippen molar-refractivity contribution in [2.24, 2.45) is 0 Å². The van der Waals surface area contributed by atoms with Crippen molar-refractivity contribution < 1.29 is 19.1 Å². The van der Waals surface area contributed by atoms with E-state index in [2.05, 4.69) is 61.6 Å². The first kappa shape index (κ1) is 26.9. The molecule has 5 rings (SSSR count). The zero-order chi connectivity index (χ0) is 27.7. The lowest BCUT2D eigenvalue weighted by molar-refractivity contribution is -0.157. The van der Waals surface area contributed by atoms with E-state index in [0.717, 1.165) is 16.7 Å². The Kier molecular flexibility index (Phi) is 7.50. The molecule has 6 heteroatoms. The minimum absolute atomic E-state index is 0.0489. The molecule has 3 aromatic carbocycles. The first-order valence-corrected chi connectivity index (χ1v) is 14.3. The fraction of sp³-hybridized carbons (Fsp3) is 0.333. The average molecular weight is 542 g/mol. The lowest BCUT2D eigenvalue weighted by atomic mass is 9.98. The predicted octanol–water partition coefficient (Wildman–Crippen LogP) is 7.70. The highest BCUT2D eigenvalue weighted by Crippen LogP contribution is 2.44. The fourth-order valence-corrected chi connectivity index (χ4v) is 6.31. The summed E-state index contributed by atoms with van der Waals surface area (Å²) in [6, 6.07) is 22.0. The standard InChI is InChI=1S/C33H35NO4S/c1-20-21(2)39-30-17-15-22(18-27(20)30)14-16-29(31(35)38-33(3,4)5)34-32(36)37-19-28-25-12-8-6-10-23(25)24-11-7-9-13-26(24)28/h6-13,15,17-18,28-29H,14,16,19H2,1-5H3,(H,34,36)/t29-/m0/s1. The molecule has 0 radical (unpaired) electrons. The number of ether oxygens (including phenoxy) is 2. The summed E-state index contributed by atoms with van der Waals surface area (Å²) in [5.74, 6) is -0.508. The molecule has 1 N–H and O–H groups in total. The fourth-order valence-electron chi connectivity index (χ4n) is 5.26. The van der Waals surface area contributed by atoms with E-state index in [1.807, 2.05) is 45.0 Å². The van der Waals surface area contributed by atoms with E-state index in [4.69, 9.17) is 9.47 Å². The quantitative estimate of drug-likeness (QED) is 0.244. The van der Waals surface area contributed by atoms with Crippen LogP contribution in [0.15, 0.2) is 66.7 Å². The van der Waals surface area contributed by atoms with Crippen LogP contribution in [0.3, 0.4) is 0 Å². The van der Waals surface area contributed by atoms with Crippen LogP contribution in [0.4, 0.5) is 4.79 Å². The number of aryl methyl sites for hydroxylation is 3. The van der Waals surface area contributed by atoms with E-state index >= 15 is 0 Å². The van der Waals surface area contributed by atoms with Gasteiger partial charge >= 0.3 is 12.1 Å². The van der Waals surface area contributed by atoms with Crippen LogP contribution in [-0.4, -0.2) is 30.3 Å². The molecule has 39 heavy (non-hydrogen) atoms. The number of benzene rings is 3. The molecule has 1 aliphatic carbocycles. The van der Waals surface area contributed by atoms with Gasteiger partial charge < -0.3 is 14.8 Å². The van der Waals surface area contributed by atoms with Gasteiger partial charge in [-0.25, -0.2) is 9.59 Å². The Morgan fingerprint density at radius 2 is 1.59 bits per heavy atom. The summed E-state index contributed by atoms with van der Waals surface area (Å²) in [5, 5.41) is 4.04. The molecule has 5 nitrogen and oxygen atoms in total. The van der Waals surface area contributed by atoms with E-state index in [1.165, 1.54) is 31.7 Å².